The van der Waals surface area contributed by atoms with Crippen molar-refractivity contribution < 1.29 is 28.7 Å². The van der Waals surface area contributed by atoms with Crippen LogP contribution in [0.15, 0.2) is 48.5 Å². The number of hydrogen-bond donors (Lipinski definition) is 1. The normalized spacial score (nSPS) is 13.8. The Balaban J connectivity index is 1.75. The summed E-state index contributed by atoms with van der Waals surface area (Å²) in [5, 5.41) is 2.72. The van der Waals surface area contributed by atoms with Crippen LogP contribution < -0.4 is 5.32 Å². The molecule has 0 radical (unpaired) electrons. The van der Waals surface area contributed by atoms with Crippen molar-refractivity contribution in [3.05, 3.63) is 65.2 Å². The monoisotopic (exact) mass is 438 g/mol. The minimum atomic E-state index is -1.01. The molecule has 8 nitrogen and oxygen atoms in total. The fourth-order valence-corrected chi connectivity index (χ4v) is 3.54. The zero-order valence-electron chi connectivity index (χ0n) is 18.3. The lowest BCUT2D eigenvalue weighted by atomic mass is 10.0. The smallest absolute Gasteiger partial charge is 0.338 e. The second kappa shape index (κ2) is 10.2. The molecule has 8 heteroatoms. The Hall–Kier alpha value is -3.52. The van der Waals surface area contributed by atoms with Gasteiger partial charge in [0.15, 0.2) is 0 Å². The van der Waals surface area contributed by atoms with Gasteiger partial charge in [-0.05, 0) is 43.2 Å². The molecule has 1 aliphatic rings. The molecule has 2 aromatic carbocycles. The third-order valence-corrected chi connectivity index (χ3v) is 5.03. The number of imide groups is 1. The number of rotatable bonds is 9. The van der Waals surface area contributed by atoms with E-state index in [-0.39, 0.29) is 29.2 Å². The second-order valence-corrected chi connectivity index (χ2v) is 7.62. The van der Waals surface area contributed by atoms with Gasteiger partial charge in [-0.15, -0.1) is 0 Å². The van der Waals surface area contributed by atoms with Gasteiger partial charge in [0.1, 0.15) is 12.6 Å². The van der Waals surface area contributed by atoms with E-state index in [0.717, 1.165) is 4.90 Å². The molecule has 168 valence electrons. The average molecular weight is 438 g/mol. The van der Waals surface area contributed by atoms with E-state index in [2.05, 4.69) is 5.32 Å². The first-order valence-corrected chi connectivity index (χ1v) is 10.5. The number of esters is 1. The van der Waals surface area contributed by atoms with Crippen molar-refractivity contribution in [1.82, 2.24) is 4.90 Å². The predicted molar refractivity (Wildman–Crippen MR) is 117 cm³/mol. The molecule has 0 spiro atoms. The van der Waals surface area contributed by atoms with Gasteiger partial charge in [0, 0.05) is 12.3 Å². The lowest BCUT2D eigenvalue weighted by molar-refractivity contribution is -0.121. The number of amides is 3. The summed E-state index contributed by atoms with van der Waals surface area (Å²) in [7, 11) is 0. The molecule has 1 unspecified atom stereocenters. The topological polar surface area (TPSA) is 102 Å². The Kier molecular flexibility index (Phi) is 7.37. The van der Waals surface area contributed by atoms with Crippen LogP contribution in [0.5, 0.6) is 0 Å². The van der Waals surface area contributed by atoms with Crippen molar-refractivity contribution in [3.63, 3.8) is 0 Å². The van der Waals surface area contributed by atoms with Crippen molar-refractivity contribution in [2.24, 2.45) is 5.92 Å². The van der Waals surface area contributed by atoms with Crippen molar-refractivity contribution in [2.75, 3.05) is 25.1 Å². The maximum absolute atomic E-state index is 13.1. The van der Waals surface area contributed by atoms with E-state index >= 15 is 0 Å². The van der Waals surface area contributed by atoms with Crippen molar-refractivity contribution in [1.29, 1.82) is 0 Å². The summed E-state index contributed by atoms with van der Waals surface area (Å²) >= 11 is 0. The van der Waals surface area contributed by atoms with E-state index in [4.69, 9.17) is 9.47 Å². The van der Waals surface area contributed by atoms with E-state index in [0.29, 0.717) is 18.9 Å². The summed E-state index contributed by atoms with van der Waals surface area (Å²) < 4.78 is 10.3. The van der Waals surface area contributed by atoms with Crippen LogP contribution in [0.25, 0.3) is 0 Å². The average Bonchev–Trinajstić information content (AvgIpc) is 3.02. The number of nitrogens with one attached hydrogen (secondary N) is 1. The molecule has 3 amide bonds. The summed E-state index contributed by atoms with van der Waals surface area (Å²) in [4.78, 5) is 52.1. The first kappa shape index (κ1) is 23.1. The minimum Gasteiger partial charge on any atom is -0.460 e. The van der Waals surface area contributed by atoms with Gasteiger partial charge < -0.3 is 14.8 Å². The maximum atomic E-state index is 13.1. The molecule has 0 aromatic heterocycles. The standard InChI is InChI=1S/C24H26N2O6/c1-4-31-12-13-32-24(30)16-8-7-9-17(14-16)25-21(27)20(15(2)3)26-22(28)18-10-5-6-11-19(18)23(26)29/h5-11,14-15,20H,4,12-13H2,1-3H3,(H,25,27). The van der Waals surface area contributed by atoms with Crippen LogP contribution in [-0.4, -0.2) is 54.5 Å². The van der Waals surface area contributed by atoms with Crippen LogP contribution in [0.1, 0.15) is 51.8 Å². The Morgan fingerprint density at radius 1 is 0.969 bits per heavy atom. The fraction of sp³-hybridized carbons (Fsp3) is 0.333. The molecule has 3 rings (SSSR count). The van der Waals surface area contributed by atoms with E-state index in [1.807, 2.05) is 6.92 Å². The highest BCUT2D eigenvalue weighted by Gasteiger charge is 2.43. The van der Waals surface area contributed by atoms with Crippen LogP contribution in [-0.2, 0) is 14.3 Å². The Morgan fingerprint density at radius 2 is 1.62 bits per heavy atom. The van der Waals surface area contributed by atoms with Gasteiger partial charge in [-0.2, -0.15) is 0 Å². The molecule has 1 aliphatic heterocycles. The highest BCUT2D eigenvalue weighted by Crippen LogP contribution is 2.28. The first-order chi connectivity index (χ1) is 15.3. The van der Waals surface area contributed by atoms with Crippen molar-refractivity contribution in [3.8, 4) is 0 Å². The van der Waals surface area contributed by atoms with Gasteiger partial charge in [0.05, 0.1) is 23.3 Å². The first-order valence-electron chi connectivity index (χ1n) is 10.5. The Labute approximate surface area is 186 Å². The molecule has 32 heavy (non-hydrogen) atoms. The zero-order valence-corrected chi connectivity index (χ0v) is 18.3. The number of carbonyl (C=O) groups is 4. The summed E-state index contributed by atoms with van der Waals surface area (Å²) in [6.45, 7) is 6.33. The summed E-state index contributed by atoms with van der Waals surface area (Å²) in [6.07, 6.45) is 0. The molecule has 1 atom stereocenters. The molecule has 0 saturated carbocycles. The van der Waals surface area contributed by atoms with Crippen LogP contribution in [0.4, 0.5) is 5.69 Å². The number of ether oxygens (including phenoxy) is 2. The molecule has 0 saturated heterocycles. The van der Waals surface area contributed by atoms with E-state index in [1.54, 1.807) is 56.3 Å². The number of fused-ring (bicyclic) bond motifs is 1. The van der Waals surface area contributed by atoms with Gasteiger partial charge in [-0.1, -0.05) is 32.0 Å². The molecule has 0 bridgehead atoms. The SMILES string of the molecule is CCOCCOC(=O)c1cccc(NC(=O)C(C(C)C)N2C(=O)c3ccccc3C2=O)c1. The van der Waals surface area contributed by atoms with Gasteiger partial charge in [0.25, 0.3) is 11.8 Å². The largest absolute Gasteiger partial charge is 0.460 e. The summed E-state index contributed by atoms with van der Waals surface area (Å²) in [5.74, 6) is -2.38. The molecule has 0 aliphatic carbocycles. The highest BCUT2D eigenvalue weighted by atomic mass is 16.6. The lowest BCUT2D eigenvalue weighted by Crippen LogP contribution is -2.50. The molecular formula is C24H26N2O6. The van der Waals surface area contributed by atoms with Crippen LogP contribution in [0, 0.1) is 5.92 Å². The van der Waals surface area contributed by atoms with Crippen LogP contribution >= 0.6 is 0 Å². The number of anilines is 1. The number of hydrogen-bond acceptors (Lipinski definition) is 6. The number of carbonyl (C=O) groups excluding carboxylic acids is 4. The lowest BCUT2D eigenvalue weighted by Gasteiger charge is -2.28. The van der Waals surface area contributed by atoms with Crippen LogP contribution in [0.3, 0.4) is 0 Å². The quantitative estimate of drug-likeness (QED) is 0.367. The van der Waals surface area contributed by atoms with Crippen molar-refractivity contribution >= 4 is 29.4 Å². The molecule has 2 aromatic rings. The van der Waals surface area contributed by atoms with E-state index in [1.165, 1.54) is 6.07 Å². The van der Waals surface area contributed by atoms with Gasteiger partial charge >= 0.3 is 5.97 Å². The highest BCUT2D eigenvalue weighted by molar-refractivity contribution is 6.23. The Bertz CT molecular complexity index is 998. The van der Waals surface area contributed by atoms with Gasteiger partial charge in [0.2, 0.25) is 5.91 Å². The van der Waals surface area contributed by atoms with Gasteiger partial charge in [-0.3, -0.25) is 19.3 Å². The number of benzene rings is 2. The maximum Gasteiger partial charge on any atom is 0.338 e. The Morgan fingerprint density at radius 3 is 2.22 bits per heavy atom. The predicted octanol–water partition coefficient (Wildman–Crippen LogP) is 3.14. The van der Waals surface area contributed by atoms with E-state index in [9.17, 15) is 19.2 Å². The summed E-state index contributed by atoms with van der Waals surface area (Å²) in [6, 6.07) is 11.8. The third-order valence-electron chi connectivity index (χ3n) is 5.03. The molecule has 1 heterocycles. The minimum absolute atomic E-state index is 0.123. The molecule has 1 N–H and O–H groups in total. The third kappa shape index (κ3) is 4.86. The summed E-state index contributed by atoms with van der Waals surface area (Å²) in [5.41, 5.74) is 1.19. The van der Waals surface area contributed by atoms with E-state index < -0.39 is 29.7 Å². The van der Waals surface area contributed by atoms with Gasteiger partial charge in [-0.25, -0.2) is 4.79 Å². The van der Waals surface area contributed by atoms with Crippen molar-refractivity contribution in [2.45, 2.75) is 26.8 Å². The fourth-order valence-electron chi connectivity index (χ4n) is 3.54. The number of nitrogens with zero attached hydrogens (tertiary/aromatic N) is 1. The zero-order chi connectivity index (χ0) is 23.3. The molecular weight excluding hydrogens is 412 g/mol. The van der Waals surface area contributed by atoms with Crippen LogP contribution in [0.2, 0.25) is 0 Å². The molecule has 0 fully saturated rings. The second-order valence-electron chi connectivity index (χ2n) is 7.62.